The summed E-state index contributed by atoms with van der Waals surface area (Å²) < 4.78 is 7.05. The van der Waals surface area contributed by atoms with Crippen LogP contribution in [0, 0.1) is 0 Å². The van der Waals surface area contributed by atoms with Crippen molar-refractivity contribution in [3.63, 3.8) is 0 Å². The van der Waals surface area contributed by atoms with E-state index in [9.17, 15) is 4.79 Å². The second-order valence-corrected chi connectivity index (χ2v) is 4.23. The monoisotopic (exact) mass is 238 g/mol. The Kier molecular flexibility index (Phi) is 3.75. The first-order valence-corrected chi connectivity index (χ1v) is 5.85. The van der Waals surface area contributed by atoms with Crippen molar-refractivity contribution >= 4 is 11.7 Å². The third kappa shape index (κ3) is 2.83. The van der Waals surface area contributed by atoms with Crippen LogP contribution in [0.4, 0.5) is 5.82 Å². The van der Waals surface area contributed by atoms with Gasteiger partial charge in [0.05, 0.1) is 0 Å². The summed E-state index contributed by atoms with van der Waals surface area (Å²) in [4.78, 5) is 11.9. The SMILES string of the molecule is Cn1cc(CN)c(NC(=O)C2CCCCO2)n1. The molecule has 1 aromatic rings. The molecule has 1 fully saturated rings. The first-order valence-electron chi connectivity index (χ1n) is 5.85. The van der Waals surface area contributed by atoms with Crippen molar-refractivity contribution in [1.82, 2.24) is 9.78 Å². The van der Waals surface area contributed by atoms with Crippen LogP contribution in [0.25, 0.3) is 0 Å². The summed E-state index contributed by atoms with van der Waals surface area (Å²) in [5.74, 6) is 0.410. The van der Waals surface area contributed by atoms with E-state index in [0.717, 1.165) is 24.8 Å². The van der Waals surface area contributed by atoms with Crippen LogP contribution in [0.15, 0.2) is 6.20 Å². The van der Waals surface area contributed by atoms with Crippen molar-refractivity contribution < 1.29 is 9.53 Å². The van der Waals surface area contributed by atoms with Crippen molar-refractivity contribution in [2.75, 3.05) is 11.9 Å². The number of nitrogens with zero attached hydrogens (tertiary/aromatic N) is 2. The van der Waals surface area contributed by atoms with Crippen molar-refractivity contribution in [1.29, 1.82) is 0 Å². The molecule has 2 rings (SSSR count). The Labute approximate surface area is 100 Å². The molecular formula is C11H18N4O2. The Bertz CT molecular complexity index is 396. The molecule has 1 aliphatic rings. The van der Waals surface area contributed by atoms with E-state index in [-0.39, 0.29) is 12.0 Å². The van der Waals surface area contributed by atoms with Gasteiger partial charge in [0, 0.05) is 32.0 Å². The van der Waals surface area contributed by atoms with E-state index in [1.807, 2.05) is 0 Å². The second-order valence-electron chi connectivity index (χ2n) is 4.23. The van der Waals surface area contributed by atoms with Crippen molar-refractivity contribution in [2.45, 2.75) is 31.9 Å². The fraction of sp³-hybridized carbons (Fsp3) is 0.636. The lowest BCUT2D eigenvalue weighted by molar-refractivity contribution is -0.130. The second kappa shape index (κ2) is 5.29. The summed E-state index contributed by atoms with van der Waals surface area (Å²) in [6, 6.07) is 0. The molecule has 17 heavy (non-hydrogen) atoms. The maximum atomic E-state index is 11.9. The molecule has 1 atom stereocenters. The zero-order valence-corrected chi connectivity index (χ0v) is 9.98. The van der Waals surface area contributed by atoms with Crippen LogP contribution in [0.5, 0.6) is 0 Å². The van der Waals surface area contributed by atoms with E-state index < -0.39 is 0 Å². The van der Waals surface area contributed by atoms with Crippen LogP contribution in [-0.4, -0.2) is 28.4 Å². The smallest absolute Gasteiger partial charge is 0.254 e. The number of anilines is 1. The minimum absolute atomic E-state index is 0.127. The van der Waals surface area contributed by atoms with E-state index in [4.69, 9.17) is 10.5 Å². The van der Waals surface area contributed by atoms with Gasteiger partial charge in [-0.3, -0.25) is 9.48 Å². The fourth-order valence-corrected chi connectivity index (χ4v) is 1.94. The number of amides is 1. The maximum Gasteiger partial charge on any atom is 0.254 e. The number of aromatic nitrogens is 2. The van der Waals surface area contributed by atoms with Crippen LogP contribution >= 0.6 is 0 Å². The summed E-state index contributed by atoms with van der Waals surface area (Å²) >= 11 is 0. The van der Waals surface area contributed by atoms with E-state index in [2.05, 4.69) is 10.4 Å². The highest BCUT2D eigenvalue weighted by molar-refractivity contribution is 5.93. The van der Waals surface area contributed by atoms with Crippen molar-refractivity contribution in [3.8, 4) is 0 Å². The van der Waals surface area contributed by atoms with Gasteiger partial charge in [-0.15, -0.1) is 0 Å². The first-order chi connectivity index (χ1) is 8.20. The zero-order valence-electron chi connectivity index (χ0n) is 9.98. The number of hydrogen-bond donors (Lipinski definition) is 2. The maximum absolute atomic E-state index is 11.9. The molecule has 6 heteroatoms. The average Bonchev–Trinajstić information content (AvgIpc) is 2.70. The summed E-state index contributed by atoms with van der Waals surface area (Å²) in [5, 5.41) is 6.94. The Morgan fingerprint density at radius 2 is 2.53 bits per heavy atom. The molecule has 1 aromatic heterocycles. The lowest BCUT2D eigenvalue weighted by Crippen LogP contribution is -2.33. The molecule has 3 N–H and O–H groups in total. The largest absolute Gasteiger partial charge is 0.368 e. The van der Waals surface area contributed by atoms with Gasteiger partial charge in [0.1, 0.15) is 6.10 Å². The highest BCUT2D eigenvalue weighted by Gasteiger charge is 2.23. The van der Waals surface area contributed by atoms with Crippen LogP contribution < -0.4 is 11.1 Å². The average molecular weight is 238 g/mol. The fourth-order valence-electron chi connectivity index (χ4n) is 1.94. The molecular weight excluding hydrogens is 220 g/mol. The van der Waals surface area contributed by atoms with Gasteiger partial charge in [-0.25, -0.2) is 0 Å². The Morgan fingerprint density at radius 3 is 3.18 bits per heavy atom. The zero-order chi connectivity index (χ0) is 12.3. The molecule has 0 bridgehead atoms. The van der Waals surface area contributed by atoms with Gasteiger partial charge in [-0.2, -0.15) is 5.10 Å². The predicted octanol–water partition coefficient (Wildman–Crippen LogP) is 0.386. The molecule has 0 aromatic carbocycles. The molecule has 1 aliphatic heterocycles. The highest BCUT2D eigenvalue weighted by Crippen LogP contribution is 2.16. The molecule has 1 amide bonds. The molecule has 2 heterocycles. The minimum Gasteiger partial charge on any atom is -0.368 e. The number of nitrogens with one attached hydrogen (secondary N) is 1. The van der Waals surface area contributed by atoms with Gasteiger partial charge < -0.3 is 15.8 Å². The first kappa shape index (κ1) is 12.1. The van der Waals surface area contributed by atoms with Crippen LogP contribution in [-0.2, 0) is 23.1 Å². The van der Waals surface area contributed by atoms with Crippen molar-refractivity contribution in [3.05, 3.63) is 11.8 Å². The molecule has 0 radical (unpaired) electrons. The van der Waals surface area contributed by atoms with Gasteiger partial charge in [-0.1, -0.05) is 0 Å². The third-order valence-electron chi connectivity index (χ3n) is 2.84. The number of rotatable bonds is 3. The van der Waals surface area contributed by atoms with Crippen LogP contribution in [0.2, 0.25) is 0 Å². The summed E-state index contributed by atoms with van der Waals surface area (Å²) in [5.41, 5.74) is 6.41. The minimum atomic E-state index is -0.351. The number of carbonyl (C=O) groups is 1. The number of ether oxygens (including phenoxy) is 1. The molecule has 1 saturated heterocycles. The highest BCUT2D eigenvalue weighted by atomic mass is 16.5. The number of aryl methyl sites for hydroxylation is 1. The lowest BCUT2D eigenvalue weighted by Gasteiger charge is -2.21. The van der Waals surface area contributed by atoms with Crippen LogP contribution in [0.3, 0.4) is 0 Å². The summed E-state index contributed by atoms with van der Waals surface area (Å²) in [7, 11) is 1.80. The molecule has 0 saturated carbocycles. The van der Waals surface area contributed by atoms with E-state index in [1.54, 1.807) is 17.9 Å². The number of hydrogen-bond acceptors (Lipinski definition) is 4. The lowest BCUT2D eigenvalue weighted by atomic mass is 10.1. The quantitative estimate of drug-likeness (QED) is 0.798. The third-order valence-corrected chi connectivity index (χ3v) is 2.84. The van der Waals surface area contributed by atoms with Gasteiger partial charge in [0.25, 0.3) is 5.91 Å². The van der Waals surface area contributed by atoms with Gasteiger partial charge in [0.2, 0.25) is 0 Å². The van der Waals surface area contributed by atoms with E-state index >= 15 is 0 Å². The normalized spacial score (nSPS) is 20.2. The van der Waals surface area contributed by atoms with Crippen molar-refractivity contribution in [2.24, 2.45) is 12.8 Å². The van der Waals surface area contributed by atoms with Crippen LogP contribution in [0.1, 0.15) is 24.8 Å². The van der Waals surface area contributed by atoms with Gasteiger partial charge in [0.15, 0.2) is 5.82 Å². The van der Waals surface area contributed by atoms with Gasteiger partial charge >= 0.3 is 0 Å². The molecule has 0 aliphatic carbocycles. The topological polar surface area (TPSA) is 82.2 Å². The number of nitrogens with two attached hydrogens (primary N) is 1. The standard InChI is InChI=1S/C11H18N4O2/c1-15-7-8(6-12)10(14-15)13-11(16)9-4-2-3-5-17-9/h7,9H,2-6,12H2,1H3,(H,13,14,16). The molecule has 6 nitrogen and oxygen atoms in total. The Balaban J connectivity index is 2.01. The predicted molar refractivity (Wildman–Crippen MR) is 63.3 cm³/mol. The van der Waals surface area contributed by atoms with Gasteiger partial charge in [-0.05, 0) is 19.3 Å². The molecule has 0 spiro atoms. The van der Waals surface area contributed by atoms with E-state index in [0.29, 0.717) is 19.0 Å². The van der Waals surface area contributed by atoms with E-state index in [1.165, 1.54) is 0 Å². The Hall–Kier alpha value is -1.40. The number of carbonyl (C=O) groups excluding carboxylic acids is 1. The Morgan fingerprint density at radius 1 is 1.71 bits per heavy atom. The summed E-state index contributed by atoms with van der Waals surface area (Å²) in [6.45, 7) is 1.01. The summed E-state index contributed by atoms with van der Waals surface area (Å²) in [6.07, 6.45) is 4.29. The molecule has 1 unspecified atom stereocenters. The molecule has 94 valence electrons.